The molecule has 1 heterocycles. The van der Waals surface area contributed by atoms with Crippen molar-refractivity contribution >= 4 is 23.6 Å². The molecular weight excluding hydrogens is 354 g/mol. The topological polar surface area (TPSA) is 68.5 Å². The van der Waals surface area contributed by atoms with Gasteiger partial charge >= 0.3 is 5.97 Å². The van der Waals surface area contributed by atoms with E-state index in [0.29, 0.717) is 17.0 Å². The summed E-state index contributed by atoms with van der Waals surface area (Å²) in [6.45, 7) is 3.86. The number of anilines is 1. The van der Waals surface area contributed by atoms with E-state index in [1.165, 1.54) is 18.4 Å². The predicted molar refractivity (Wildman–Crippen MR) is 108 cm³/mol. The van der Waals surface area contributed by atoms with Crippen molar-refractivity contribution in [2.24, 2.45) is 0 Å². The highest BCUT2D eigenvalue weighted by Crippen LogP contribution is 2.23. The van der Waals surface area contributed by atoms with Gasteiger partial charge < -0.3 is 14.5 Å². The minimum absolute atomic E-state index is 0.417. The molecule has 0 bridgehead atoms. The number of aryl methyl sites for hydroxylation is 2. The smallest absolute Gasteiger partial charge is 0.332 e. The zero-order valence-electron chi connectivity index (χ0n) is 15.7. The van der Waals surface area contributed by atoms with Crippen LogP contribution in [0.2, 0.25) is 0 Å². The molecule has 3 aromatic rings. The summed E-state index contributed by atoms with van der Waals surface area (Å²) in [5.74, 6) is -0.533. The van der Waals surface area contributed by atoms with Crippen LogP contribution < -0.4 is 5.32 Å². The maximum atomic E-state index is 12.9. The maximum Gasteiger partial charge on any atom is 0.332 e. The highest BCUT2D eigenvalue weighted by molar-refractivity contribution is 5.98. The van der Waals surface area contributed by atoms with E-state index in [0.717, 1.165) is 11.1 Å². The van der Waals surface area contributed by atoms with Gasteiger partial charge in [-0.25, -0.2) is 4.79 Å². The summed E-state index contributed by atoms with van der Waals surface area (Å²) in [6.07, 6.45) is 3.16. The Morgan fingerprint density at radius 3 is 2.54 bits per heavy atom. The first-order valence-corrected chi connectivity index (χ1v) is 8.88. The van der Waals surface area contributed by atoms with Crippen LogP contribution in [0.1, 0.15) is 28.6 Å². The average Bonchev–Trinajstić information content (AvgIpc) is 3.21. The Morgan fingerprint density at radius 1 is 1.04 bits per heavy atom. The largest absolute Gasteiger partial charge is 0.465 e. The molecule has 3 rings (SSSR count). The minimum atomic E-state index is -1.07. The van der Waals surface area contributed by atoms with Crippen LogP contribution in [0.5, 0.6) is 0 Å². The van der Waals surface area contributed by atoms with Crippen LogP contribution in [0, 0.1) is 13.8 Å². The van der Waals surface area contributed by atoms with E-state index in [2.05, 4.69) is 5.32 Å². The molecule has 0 radical (unpaired) electrons. The number of hydrogen-bond acceptors (Lipinski definition) is 4. The predicted octanol–water partition coefficient (Wildman–Crippen LogP) is 4.83. The normalized spacial score (nSPS) is 11.9. The van der Waals surface area contributed by atoms with Gasteiger partial charge in [-0.15, -0.1) is 0 Å². The van der Waals surface area contributed by atoms with Gasteiger partial charge in [0.2, 0.25) is 6.10 Å². The van der Waals surface area contributed by atoms with Crippen molar-refractivity contribution in [1.82, 2.24) is 0 Å². The summed E-state index contributed by atoms with van der Waals surface area (Å²) in [4.78, 5) is 25.2. The second-order valence-corrected chi connectivity index (χ2v) is 6.38. The number of furan rings is 1. The minimum Gasteiger partial charge on any atom is -0.465 e. The van der Waals surface area contributed by atoms with Crippen LogP contribution in [-0.2, 0) is 14.3 Å². The maximum absolute atomic E-state index is 12.9. The van der Waals surface area contributed by atoms with Gasteiger partial charge in [-0.3, -0.25) is 4.79 Å². The summed E-state index contributed by atoms with van der Waals surface area (Å²) in [7, 11) is 0. The first kappa shape index (κ1) is 19.2. The molecule has 5 nitrogen and oxygen atoms in total. The summed E-state index contributed by atoms with van der Waals surface area (Å²) >= 11 is 0. The molecule has 0 unspecified atom stereocenters. The Kier molecular flexibility index (Phi) is 6.07. The summed E-state index contributed by atoms with van der Waals surface area (Å²) in [5, 5.41) is 2.87. The Hall–Kier alpha value is -3.60. The Morgan fingerprint density at radius 2 is 1.82 bits per heavy atom. The quantitative estimate of drug-likeness (QED) is 0.495. The molecule has 0 aliphatic carbocycles. The lowest BCUT2D eigenvalue weighted by atomic mass is 10.1. The van der Waals surface area contributed by atoms with E-state index in [9.17, 15) is 9.59 Å². The van der Waals surface area contributed by atoms with E-state index < -0.39 is 18.0 Å². The number of benzene rings is 2. The first-order valence-electron chi connectivity index (χ1n) is 8.88. The number of esters is 1. The van der Waals surface area contributed by atoms with Crippen molar-refractivity contribution in [3.63, 3.8) is 0 Å². The van der Waals surface area contributed by atoms with Crippen LogP contribution in [0.4, 0.5) is 5.69 Å². The number of rotatable bonds is 6. The fourth-order valence-corrected chi connectivity index (χ4v) is 2.66. The summed E-state index contributed by atoms with van der Waals surface area (Å²) < 4.78 is 10.6. The van der Waals surface area contributed by atoms with Crippen LogP contribution in [-0.4, -0.2) is 11.9 Å². The summed E-state index contributed by atoms with van der Waals surface area (Å²) in [6, 6.07) is 18.1. The number of carbonyl (C=O) groups is 2. The number of carbonyl (C=O) groups excluding carboxylic acids is 2. The third-order valence-electron chi connectivity index (χ3n) is 4.15. The van der Waals surface area contributed by atoms with Crippen molar-refractivity contribution in [2.45, 2.75) is 20.0 Å². The van der Waals surface area contributed by atoms with Crippen LogP contribution in [0.25, 0.3) is 6.08 Å². The molecule has 0 saturated heterocycles. The molecule has 0 spiro atoms. The highest BCUT2D eigenvalue weighted by Gasteiger charge is 2.24. The standard InChI is InChI=1S/C23H21NO4/c1-16-10-11-17(2)20(15-16)24-23(26)22(18-7-4-3-5-8-18)28-21(25)13-12-19-9-6-14-27-19/h3-15,22H,1-2H3,(H,24,26)/b13-12+/t22-/m1/s1. The first-order chi connectivity index (χ1) is 13.5. The van der Waals surface area contributed by atoms with Gasteiger partial charge in [0.05, 0.1) is 6.26 Å². The van der Waals surface area contributed by atoms with Crippen molar-refractivity contribution in [2.75, 3.05) is 5.32 Å². The number of amides is 1. The molecule has 0 saturated carbocycles. The molecule has 0 aliphatic heterocycles. The molecule has 5 heteroatoms. The van der Waals surface area contributed by atoms with E-state index in [1.807, 2.05) is 38.1 Å². The van der Waals surface area contributed by atoms with Crippen molar-refractivity contribution in [3.05, 3.63) is 95.5 Å². The fourth-order valence-electron chi connectivity index (χ4n) is 2.66. The summed E-state index contributed by atoms with van der Waals surface area (Å²) in [5.41, 5.74) is 3.23. The third-order valence-corrected chi connectivity index (χ3v) is 4.15. The van der Waals surface area contributed by atoms with Crippen molar-refractivity contribution in [3.8, 4) is 0 Å². The molecule has 1 amide bonds. The van der Waals surface area contributed by atoms with E-state index in [1.54, 1.807) is 36.4 Å². The zero-order valence-corrected chi connectivity index (χ0v) is 15.7. The molecule has 28 heavy (non-hydrogen) atoms. The lowest BCUT2D eigenvalue weighted by Crippen LogP contribution is -2.25. The fraction of sp³-hybridized carbons (Fsp3) is 0.130. The lowest BCUT2D eigenvalue weighted by molar-refractivity contribution is -0.149. The molecule has 1 atom stereocenters. The van der Waals surface area contributed by atoms with Gasteiger partial charge in [-0.2, -0.15) is 0 Å². The van der Waals surface area contributed by atoms with Gasteiger partial charge in [0.1, 0.15) is 5.76 Å². The molecular formula is C23H21NO4. The van der Waals surface area contributed by atoms with Gasteiger partial charge in [0.15, 0.2) is 0 Å². The van der Waals surface area contributed by atoms with E-state index >= 15 is 0 Å². The van der Waals surface area contributed by atoms with Crippen molar-refractivity contribution < 1.29 is 18.7 Å². The molecule has 142 valence electrons. The van der Waals surface area contributed by atoms with Gasteiger partial charge in [0, 0.05) is 17.3 Å². The van der Waals surface area contributed by atoms with E-state index in [4.69, 9.17) is 9.15 Å². The second kappa shape index (κ2) is 8.86. The second-order valence-electron chi connectivity index (χ2n) is 6.38. The van der Waals surface area contributed by atoms with Crippen molar-refractivity contribution in [1.29, 1.82) is 0 Å². The SMILES string of the molecule is Cc1ccc(C)c(NC(=O)[C@H](OC(=O)/C=C/c2ccco2)c2ccccc2)c1. The zero-order chi connectivity index (χ0) is 19.9. The molecule has 2 aromatic carbocycles. The van der Waals surface area contributed by atoms with Crippen LogP contribution in [0.15, 0.2) is 77.4 Å². The van der Waals surface area contributed by atoms with Crippen LogP contribution >= 0.6 is 0 Å². The molecule has 0 aliphatic rings. The molecule has 1 aromatic heterocycles. The Balaban J connectivity index is 1.79. The average molecular weight is 375 g/mol. The Labute approximate surface area is 163 Å². The number of nitrogens with one attached hydrogen (secondary N) is 1. The molecule has 1 N–H and O–H groups in total. The third kappa shape index (κ3) is 4.98. The molecule has 0 fully saturated rings. The van der Waals surface area contributed by atoms with Gasteiger partial charge in [-0.1, -0.05) is 42.5 Å². The number of ether oxygens (including phenoxy) is 1. The Bertz CT molecular complexity index is 975. The van der Waals surface area contributed by atoms with Crippen LogP contribution in [0.3, 0.4) is 0 Å². The van der Waals surface area contributed by atoms with Gasteiger partial charge in [0.25, 0.3) is 5.91 Å². The lowest BCUT2D eigenvalue weighted by Gasteiger charge is -2.18. The number of hydrogen-bond donors (Lipinski definition) is 1. The van der Waals surface area contributed by atoms with E-state index in [-0.39, 0.29) is 0 Å². The van der Waals surface area contributed by atoms with Gasteiger partial charge in [-0.05, 0) is 49.2 Å². The highest BCUT2D eigenvalue weighted by atomic mass is 16.5. The monoisotopic (exact) mass is 375 g/mol.